The molecule has 2 aromatic carbocycles. The van der Waals surface area contributed by atoms with Crippen LogP contribution in [0.3, 0.4) is 0 Å². The quantitative estimate of drug-likeness (QED) is 0.506. The fourth-order valence-corrected chi connectivity index (χ4v) is 3.97. The van der Waals surface area contributed by atoms with Crippen molar-refractivity contribution in [3.05, 3.63) is 53.1 Å². The number of anilines is 1. The van der Waals surface area contributed by atoms with Gasteiger partial charge in [-0.2, -0.15) is 0 Å². The molecule has 0 saturated heterocycles. The molecule has 0 aliphatic carbocycles. The molecule has 0 saturated carbocycles. The molecule has 30 heavy (non-hydrogen) atoms. The van der Waals surface area contributed by atoms with Crippen LogP contribution in [0.25, 0.3) is 10.2 Å². The number of carbonyl (C=O) groups excluding carboxylic acids is 1. The molecule has 9 heteroatoms. The van der Waals surface area contributed by atoms with Crippen molar-refractivity contribution >= 4 is 44.2 Å². The fourth-order valence-electron chi connectivity index (χ4n) is 2.81. The number of hydrogen-bond acceptors (Lipinski definition) is 5. The van der Waals surface area contributed by atoms with Crippen molar-refractivity contribution in [2.24, 2.45) is 0 Å². The first-order valence-electron chi connectivity index (χ1n) is 9.23. The smallest absolute Gasteiger partial charge is 0.272 e. The number of likely N-dealkylation sites (N-methyl/N-ethyl adjacent to an activating group) is 1. The molecule has 0 fully saturated rings. The van der Waals surface area contributed by atoms with Crippen LogP contribution in [0.1, 0.15) is 13.8 Å². The molecule has 1 aromatic heterocycles. The van der Waals surface area contributed by atoms with E-state index in [1.54, 1.807) is 38.1 Å². The average molecular weight is 454 g/mol. The van der Waals surface area contributed by atoms with Gasteiger partial charge >= 0.3 is 0 Å². The minimum atomic E-state index is -1.23. The van der Waals surface area contributed by atoms with E-state index in [2.05, 4.69) is 4.98 Å². The summed E-state index contributed by atoms with van der Waals surface area (Å²) in [7, 11) is 3.76. The van der Waals surface area contributed by atoms with Gasteiger partial charge in [-0.05, 0) is 58.3 Å². The van der Waals surface area contributed by atoms with Crippen LogP contribution in [-0.4, -0.2) is 48.6 Å². The molecule has 0 bridgehead atoms. The normalized spacial score (nSPS) is 11.9. The number of hydrogen-bond donors (Lipinski definition) is 0. The van der Waals surface area contributed by atoms with Crippen molar-refractivity contribution in [3.63, 3.8) is 0 Å². The van der Waals surface area contributed by atoms with Crippen molar-refractivity contribution in [2.75, 3.05) is 32.1 Å². The zero-order chi connectivity index (χ0) is 22.1. The molecular weight excluding hydrogens is 432 g/mol. The van der Waals surface area contributed by atoms with E-state index in [-0.39, 0.29) is 16.6 Å². The van der Waals surface area contributed by atoms with Gasteiger partial charge in [0.1, 0.15) is 17.1 Å². The van der Waals surface area contributed by atoms with Crippen LogP contribution in [0, 0.1) is 11.6 Å². The van der Waals surface area contributed by atoms with Crippen molar-refractivity contribution in [2.45, 2.75) is 19.4 Å². The number of amides is 1. The maximum absolute atomic E-state index is 14.2. The van der Waals surface area contributed by atoms with Crippen LogP contribution in [0.2, 0.25) is 5.02 Å². The molecule has 0 N–H and O–H groups in total. The van der Waals surface area contributed by atoms with Crippen molar-refractivity contribution in [1.29, 1.82) is 0 Å². The Kier molecular flexibility index (Phi) is 6.59. The highest BCUT2D eigenvalue weighted by atomic mass is 35.5. The summed E-state index contributed by atoms with van der Waals surface area (Å²) in [6, 6.07) is 8.70. The Bertz CT molecular complexity index is 1050. The summed E-state index contributed by atoms with van der Waals surface area (Å²) in [5.41, 5.74) is -1.20. The molecule has 0 aliphatic heterocycles. The second kappa shape index (κ2) is 8.83. The van der Waals surface area contributed by atoms with Gasteiger partial charge in [-0.25, -0.2) is 13.8 Å². The molecule has 0 spiro atoms. The molecule has 0 unspecified atom stereocenters. The Morgan fingerprint density at radius 2 is 1.83 bits per heavy atom. The van der Waals surface area contributed by atoms with Crippen molar-refractivity contribution in [3.8, 4) is 5.75 Å². The topological polar surface area (TPSA) is 45.7 Å². The van der Waals surface area contributed by atoms with Gasteiger partial charge < -0.3 is 9.64 Å². The predicted molar refractivity (Wildman–Crippen MR) is 117 cm³/mol. The molecule has 160 valence electrons. The van der Waals surface area contributed by atoms with Gasteiger partial charge in [0.15, 0.2) is 16.5 Å². The monoisotopic (exact) mass is 453 g/mol. The number of fused-ring (bicyclic) bond motifs is 1. The van der Waals surface area contributed by atoms with E-state index >= 15 is 0 Å². The predicted octanol–water partition coefficient (Wildman–Crippen LogP) is 4.98. The SMILES string of the molecule is CN(C)CCN(C(=O)C(C)(C)Oc1ccc(Cl)cc1)c1nc2c(F)cc(F)cc2s1. The fraction of sp³-hybridized carbons (Fsp3) is 0.333. The minimum absolute atomic E-state index is 0.0375. The second-order valence-corrected chi connectivity index (χ2v) is 9.00. The number of halogens is 3. The third kappa shape index (κ3) is 5.06. The number of thiazole rings is 1. The van der Waals surface area contributed by atoms with Crippen LogP contribution in [0.15, 0.2) is 36.4 Å². The van der Waals surface area contributed by atoms with Gasteiger partial charge in [-0.15, -0.1) is 0 Å². The van der Waals surface area contributed by atoms with E-state index in [1.807, 2.05) is 19.0 Å². The van der Waals surface area contributed by atoms with E-state index in [0.29, 0.717) is 28.6 Å². The van der Waals surface area contributed by atoms with Crippen LogP contribution < -0.4 is 9.64 Å². The zero-order valence-electron chi connectivity index (χ0n) is 17.1. The van der Waals surface area contributed by atoms with Gasteiger partial charge in [-0.1, -0.05) is 22.9 Å². The van der Waals surface area contributed by atoms with Gasteiger partial charge in [0, 0.05) is 24.2 Å². The van der Waals surface area contributed by atoms with E-state index in [0.717, 1.165) is 17.4 Å². The highest BCUT2D eigenvalue weighted by Gasteiger charge is 2.36. The molecule has 1 amide bonds. The molecule has 3 rings (SSSR count). The molecule has 1 heterocycles. The van der Waals surface area contributed by atoms with Crippen molar-refractivity contribution < 1.29 is 18.3 Å². The van der Waals surface area contributed by atoms with E-state index in [1.165, 1.54) is 11.0 Å². The Labute approximate surface area is 182 Å². The van der Waals surface area contributed by atoms with E-state index in [4.69, 9.17) is 16.3 Å². The number of nitrogens with zero attached hydrogens (tertiary/aromatic N) is 3. The highest BCUT2D eigenvalue weighted by Crippen LogP contribution is 2.33. The summed E-state index contributed by atoms with van der Waals surface area (Å²) in [5, 5.41) is 0.844. The Morgan fingerprint density at radius 3 is 2.47 bits per heavy atom. The largest absolute Gasteiger partial charge is 0.478 e. The van der Waals surface area contributed by atoms with Gasteiger partial charge in [0.25, 0.3) is 5.91 Å². The lowest BCUT2D eigenvalue weighted by atomic mass is 10.1. The molecule has 0 aliphatic rings. The summed E-state index contributed by atoms with van der Waals surface area (Å²) in [5.74, 6) is -1.31. The molecule has 0 radical (unpaired) electrons. The van der Waals surface area contributed by atoms with Crippen LogP contribution >= 0.6 is 22.9 Å². The Balaban J connectivity index is 1.95. The Morgan fingerprint density at radius 1 is 1.17 bits per heavy atom. The molecule has 5 nitrogen and oxygen atoms in total. The zero-order valence-corrected chi connectivity index (χ0v) is 18.7. The molecular formula is C21H22ClF2N3O2S. The first-order chi connectivity index (χ1) is 14.1. The maximum atomic E-state index is 14.2. The van der Waals surface area contributed by atoms with Gasteiger partial charge in [0.05, 0.1) is 4.70 Å². The lowest BCUT2D eigenvalue weighted by Gasteiger charge is -2.31. The summed E-state index contributed by atoms with van der Waals surface area (Å²) in [6.45, 7) is 4.17. The average Bonchev–Trinajstić information content (AvgIpc) is 3.07. The number of carbonyl (C=O) groups is 1. The summed E-state index contributed by atoms with van der Waals surface area (Å²) in [6.07, 6.45) is 0. The van der Waals surface area contributed by atoms with Crippen LogP contribution in [0.5, 0.6) is 5.75 Å². The number of rotatable bonds is 7. The maximum Gasteiger partial charge on any atom is 0.272 e. The standard InChI is InChI=1S/C21H22ClF2N3O2S/c1-21(2,29-15-7-5-13(22)6-8-15)19(28)27(10-9-26(3)4)20-25-18-16(24)11-14(23)12-17(18)30-20/h5-8,11-12H,9-10H2,1-4H3. The number of benzene rings is 2. The lowest BCUT2D eigenvalue weighted by molar-refractivity contribution is -0.131. The summed E-state index contributed by atoms with van der Waals surface area (Å²) in [4.78, 5) is 21.1. The lowest BCUT2D eigenvalue weighted by Crippen LogP contribution is -2.50. The van der Waals surface area contributed by atoms with E-state index in [9.17, 15) is 13.6 Å². The van der Waals surface area contributed by atoms with Gasteiger partial charge in [0.2, 0.25) is 0 Å². The first kappa shape index (κ1) is 22.4. The number of aromatic nitrogens is 1. The highest BCUT2D eigenvalue weighted by molar-refractivity contribution is 7.22. The number of ether oxygens (including phenoxy) is 1. The Hall–Kier alpha value is -2.29. The van der Waals surface area contributed by atoms with Crippen molar-refractivity contribution in [1.82, 2.24) is 9.88 Å². The second-order valence-electron chi connectivity index (χ2n) is 7.56. The van der Waals surface area contributed by atoms with Gasteiger partial charge in [-0.3, -0.25) is 9.69 Å². The molecule has 0 atom stereocenters. The third-order valence-corrected chi connectivity index (χ3v) is 5.63. The third-order valence-electron chi connectivity index (χ3n) is 4.35. The molecule has 3 aromatic rings. The van der Waals surface area contributed by atoms with E-state index < -0.39 is 17.2 Å². The van der Waals surface area contributed by atoms with Crippen LogP contribution in [-0.2, 0) is 4.79 Å². The first-order valence-corrected chi connectivity index (χ1v) is 10.4. The van der Waals surface area contributed by atoms with Crippen LogP contribution in [0.4, 0.5) is 13.9 Å². The minimum Gasteiger partial charge on any atom is -0.478 e. The summed E-state index contributed by atoms with van der Waals surface area (Å²) < 4.78 is 34.0. The summed E-state index contributed by atoms with van der Waals surface area (Å²) >= 11 is 6.97.